The van der Waals surface area contributed by atoms with Gasteiger partial charge in [0.15, 0.2) is 0 Å². The minimum absolute atomic E-state index is 0.0550. The van der Waals surface area contributed by atoms with E-state index in [-0.39, 0.29) is 17.1 Å². The van der Waals surface area contributed by atoms with Gasteiger partial charge in [-0.2, -0.15) is 0 Å². The Morgan fingerprint density at radius 2 is 1.82 bits per heavy atom. The molecule has 0 radical (unpaired) electrons. The third kappa shape index (κ3) is 4.46. The smallest absolute Gasteiger partial charge is 0.322 e. The minimum Gasteiger partial charge on any atom is -0.322 e. The number of nitrogens with zero attached hydrogens (tertiary/aromatic N) is 3. The van der Waals surface area contributed by atoms with Gasteiger partial charge in [0.1, 0.15) is 18.1 Å². The van der Waals surface area contributed by atoms with Gasteiger partial charge in [-0.15, -0.1) is 0 Å². The van der Waals surface area contributed by atoms with E-state index in [9.17, 15) is 28.9 Å². The Balaban J connectivity index is 1.51. The van der Waals surface area contributed by atoms with Gasteiger partial charge in [0.2, 0.25) is 5.91 Å². The number of hydrogen-bond acceptors (Lipinski definition) is 5. The molecule has 2 heterocycles. The van der Waals surface area contributed by atoms with Crippen molar-refractivity contribution in [2.45, 2.75) is 0 Å². The monoisotopic (exact) mass is 449 g/mol. The van der Waals surface area contributed by atoms with Gasteiger partial charge in [0.05, 0.1) is 10.6 Å². The lowest BCUT2D eigenvalue weighted by atomic mass is 10.2. The van der Waals surface area contributed by atoms with Crippen molar-refractivity contribution in [1.82, 2.24) is 14.8 Å². The molecule has 1 fully saturated rings. The third-order valence-electron chi connectivity index (χ3n) is 4.82. The van der Waals surface area contributed by atoms with Gasteiger partial charge in [0.25, 0.3) is 11.6 Å². The number of aromatic nitrogens is 1. The molecule has 11 heteroatoms. The van der Waals surface area contributed by atoms with Crippen LogP contribution < -0.4 is 10.6 Å². The second kappa shape index (κ2) is 8.75. The maximum absolute atomic E-state index is 13.7. The molecular weight excluding hydrogens is 433 g/mol. The van der Waals surface area contributed by atoms with Crippen LogP contribution in [-0.2, 0) is 9.59 Å². The summed E-state index contributed by atoms with van der Waals surface area (Å²) in [4.78, 5) is 48.2. The van der Waals surface area contributed by atoms with Crippen molar-refractivity contribution in [1.29, 1.82) is 0 Å². The Hall–Kier alpha value is -4.80. The number of nitrogens with one attached hydrogen (secondary N) is 2. The molecule has 2 aromatic carbocycles. The Labute approximate surface area is 186 Å². The molecule has 0 atom stereocenters. The highest BCUT2D eigenvalue weighted by molar-refractivity contribution is 6.15. The average Bonchev–Trinajstić information content (AvgIpc) is 3.35. The normalized spacial score (nSPS) is 14.5. The number of urea groups is 1. The largest absolute Gasteiger partial charge is 0.329 e. The first-order chi connectivity index (χ1) is 15.8. The van der Waals surface area contributed by atoms with Gasteiger partial charge in [-0.05, 0) is 42.5 Å². The van der Waals surface area contributed by atoms with Crippen molar-refractivity contribution in [2.75, 3.05) is 11.9 Å². The van der Waals surface area contributed by atoms with E-state index in [1.165, 1.54) is 42.5 Å². The zero-order valence-electron chi connectivity index (χ0n) is 16.9. The number of para-hydroxylation sites is 1. The summed E-state index contributed by atoms with van der Waals surface area (Å²) in [5, 5.41) is 15.6. The summed E-state index contributed by atoms with van der Waals surface area (Å²) in [5.41, 5.74) is 0.945. The molecule has 4 amide bonds. The van der Waals surface area contributed by atoms with Gasteiger partial charge in [-0.1, -0.05) is 12.1 Å². The SMILES string of the molecule is O=C(CN1C(=O)N/C(=C/c2cccn2-c2ccc([N+](=O)[O-])cc2)C1=O)Nc1ccccc1F. The van der Waals surface area contributed by atoms with E-state index >= 15 is 0 Å². The predicted octanol–water partition coefficient (Wildman–Crippen LogP) is 3.06. The maximum Gasteiger partial charge on any atom is 0.329 e. The van der Waals surface area contributed by atoms with Gasteiger partial charge < -0.3 is 15.2 Å². The molecule has 1 aliphatic rings. The van der Waals surface area contributed by atoms with E-state index in [2.05, 4.69) is 10.6 Å². The highest BCUT2D eigenvalue weighted by Crippen LogP contribution is 2.21. The van der Waals surface area contributed by atoms with Gasteiger partial charge in [0, 0.05) is 29.7 Å². The summed E-state index contributed by atoms with van der Waals surface area (Å²) in [6.45, 7) is -0.598. The Kier molecular flexibility index (Phi) is 5.68. The van der Waals surface area contributed by atoms with Gasteiger partial charge in [-0.3, -0.25) is 19.7 Å². The number of anilines is 1. The van der Waals surface area contributed by atoms with E-state index in [0.717, 1.165) is 0 Å². The second-order valence-electron chi connectivity index (χ2n) is 6.98. The van der Waals surface area contributed by atoms with Crippen LogP contribution in [0.4, 0.5) is 20.6 Å². The number of carbonyl (C=O) groups is 3. The van der Waals surface area contributed by atoms with Crippen molar-refractivity contribution < 1.29 is 23.7 Å². The molecule has 1 aromatic heterocycles. The van der Waals surface area contributed by atoms with Crippen LogP contribution in [0.15, 0.2) is 72.6 Å². The Bertz CT molecular complexity index is 1300. The quantitative estimate of drug-likeness (QED) is 0.259. The second-order valence-corrected chi connectivity index (χ2v) is 6.98. The first-order valence-electron chi connectivity index (χ1n) is 9.64. The number of imide groups is 1. The standard InChI is InChI=1S/C22H16FN5O5/c23-17-5-1-2-6-18(17)24-20(29)13-27-21(30)19(25-22(27)31)12-16-4-3-11-26(16)14-7-9-15(10-8-14)28(32)33/h1-12H,13H2,(H,24,29)(H,25,31)/b19-12+. The van der Waals surface area contributed by atoms with Crippen LogP contribution >= 0.6 is 0 Å². The molecule has 3 aromatic rings. The number of benzene rings is 2. The molecule has 0 saturated carbocycles. The van der Waals surface area contributed by atoms with Crippen LogP contribution in [-0.4, -0.2) is 38.8 Å². The molecule has 1 saturated heterocycles. The number of nitro benzene ring substituents is 1. The van der Waals surface area contributed by atoms with Crippen LogP contribution in [0, 0.1) is 15.9 Å². The fourth-order valence-corrected chi connectivity index (χ4v) is 3.24. The Morgan fingerprint density at radius 3 is 2.52 bits per heavy atom. The maximum atomic E-state index is 13.7. The van der Waals surface area contributed by atoms with Crippen LogP contribution in [0.5, 0.6) is 0 Å². The number of amides is 4. The van der Waals surface area contributed by atoms with Crippen LogP contribution in [0.3, 0.4) is 0 Å². The minimum atomic E-state index is -0.789. The first-order valence-corrected chi connectivity index (χ1v) is 9.64. The molecule has 0 aliphatic carbocycles. The van der Waals surface area contributed by atoms with Gasteiger partial charge in [-0.25, -0.2) is 14.1 Å². The highest BCUT2D eigenvalue weighted by atomic mass is 19.1. The molecule has 0 spiro atoms. The molecule has 166 valence electrons. The van der Waals surface area contributed by atoms with E-state index in [1.807, 2.05) is 0 Å². The number of hydrogen-bond donors (Lipinski definition) is 2. The summed E-state index contributed by atoms with van der Waals surface area (Å²) < 4.78 is 15.4. The molecule has 1 aliphatic heterocycles. The lowest BCUT2D eigenvalue weighted by molar-refractivity contribution is -0.384. The van der Waals surface area contributed by atoms with Gasteiger partial charge >= 0.3 is 6.03 Å². The molecular formula is C22H16FN5O5. The van der Waals surface area contributed by atoms with E-state index in [0.29, 0.717) is 16.3 Å². The van der Waals surface area contributed by atoms with Crippen LogP contribution in [0.1, 0.15) is 5.69 Å². The summed E-state index contributed by atoms with van der Waals surface area (Å²) in [7, 11) is 0. The molecule has 0 bridgehead atoms. The number of non-ortho nitro benzene ring substituents is 1. The van der Waals surface area contributed by atoms with E-state index < -0.39 is 35.1 Å². The summed E-state index contributed by atoms with van der Waals surface area (Å²) in [6, 6.07) is 13.9. The Morgan fingerprint density at radius 1 is 1.09 bits per heavy atom. The molecule has 0 unspecified atom stereocenters. The first kappa shape index (κ1) is 21.4. The summed E-state index contributed by atoms with van der Waals surface area (Å²) >= 11 is 0. The van der Waals surface area contributed by atoms with Crippen molar-refractivity contribution in [2.24, 2.45) is 0 Å². The zero-order valence-corrected chi connectivity index (χ0v) is 16.9. The fourth-order valence-electron chi connectivity index (χ4n) is 3.24. The van der Waals surface area contributed by atoms with Crippen molar-refractivity contribution in [3.8, 4) is 5.69 Å². The lowest BCUT2D eigenvalue weighted by Crippen LogP contribution is -2.38. The van der Waals surface area contributed by atoms with Crippen LogP contribution in [0.2, 0.25) is 0 Å². The number of rotatable bonds is 6. The third-order valence-corrected chi connectivity index (χ3v) is 4.82. The predicted molar refractivity (Wildman–Crippen MR) is 116 cm³/mol. The zero-order chi connectivity index (χ0) is 23.5. The topological polar surface area (TPSA) is 127 Å². The lowest BCUT2D eigenvalue weighted by Gasteiger charge is -2.12. The van der Waals surface area contributed by atoms with Crippen molar-refractivity contribution in [3.63, 3.8) is 0 Å². The molecule has 2 N–H and O–H groups in total. The van der Waals surface area contributed by atoms with Crippen LogP contribution in [0.25, 0.3) is 11.8 Å². The molecule has 10 nitrogen and oxygen atoms in total. The average molecular weight is 449 g/mol. The fraction of sp³-hybridized carbons (Fsp3) is 0.0455. The van der Waals surface area contributed by atoms with E-state index in [4.69, 9.17) is 0 Å². The highest BCUT2D eigenvalue weighted by Gasteiger charge is 2.35. The number of nitro groups is 1. The van der Waals surface area contributed by atoms with Crippen molar-refractivity contribution in [3.05, 3.63) is 94.2 Å². The van der Waals surface area contributed by atoms with E-state index in [1.54, 1.807) is 35.0 Å². The summed E-state index contributed by atoms with van der Waals surface area (Å²) in [5.74, 6) is -2.10. The van der Waals surface area contributed by atoms with Crippen molar-refractivity contribution >= 4 is 35.3 Å². The number of carbonyl (C=O) groups excluding carboxylic acids is 3. The molecule has 4 rings (SSSR count). The summed E-state index contributed by atoms with van der Waals surface area (Å²) in [6.07, 6.45) is 3.12. The number of halogens is 1. The molecule has 33 heavy (non-hydrogen) atoms.